The predicted molar refractivity (Wildman–Crippen MR) is 139 cm³/mol. The van der Waals surface area contributed by atoms with Crippen molar-refractivity contribution in [3.8, 4) is 11.3 Å². The number of nitrogens with one attached hydrogen (secondary N) is 1. The number of amides is 1. The maximum atomic E-state index is 12.5. The molecule has 1 amide bonds. The van der Waals surface area contributed by atoms with Crippen molar-refractivity contribution in [3.05, 3.63) is 68.9 Å². The SMILES string of the molecule is O=C(CSC(=S)N1C[C@H]2C[C@@H](C1)c1cccc(=O)n1C2)Nc1nc(-c2cccc(Cl)c2)cs1. The topological polar surface area (TPSA) is 67.2 Å². The fraction of sp³-hybridized carbons (Fsp3) is 0.304. The van der Waals surface area contributed by atoms with Crippen LogP contribution in [-0.4, -0.2) is 43.5 Å². The summed E-state index contributed by atoms with van der Waals surface area (Å²) in [6.45, 7) is 2.33. The van der Waals surface area contributed by atoms with Crippen LogP contribution in [0, 0.1) is 5.92 Å². The van der Waals surface area contributed by atoms with Gasteiger partial charge in [0.25, 0.3) is 5.56 Å². The molecule has 170 valence electrons. The highest BCUT2D eigenvalue weighted by Gasteiger charge is 2.35. The number of thioether (sulfide) groups is 1. The Balaban J connectivity index is 1.16. The van der Waals surface area contributed by atoms with Crippen LogP contribution in [0.25, 0.3) is 11.3 Å². The summed E-state index contributed by atoms with van der Waals surface area (Å²) in [6, 6.07) is 13.0. The Morgan fingerprint density at radius 3 is 2.94 bits per heavy atom. The van der Waals surface area contributed by atoms with Crippen LogP contribution in [-0.2, 0) is 11.3 Å². The van der Waals surface area contributed by atoms with Crippen LogP contribution < -0.4 is 10.9 Å². The molecule has 3 aromatic rings. The van der Waals surface area contributed by atoms with Crippen LogP contribution in [0.2, 0.25) is 5.02 Å². The Morgan fingerprint density at radius 1 is 1.24 bits per heavy atom. The number of hydrogen-bond donors (Lipinski definition) is 1. The normalized spacial score (nSPS) is 19.1. The largest absolute Gasteiger partial charge is 0.356 e. The lowest BCUT2D eigenvalue weighted by molar-refractivity contribution is -0.113. The molecule has 1 saturated heterocycles. The zero-order valence-corrected chi connectivity index (χ0v) is 20.8. The van der Waals surface area contributed by atoms with Crippen molar-refractivity contribution in [3.63, 3.8) is 0 Å². The molecule has 1 N–H and O–H groups in total. The first-order valence-electron chi connectivity index (χ1n) is 10.6. The van der Waals surface area contributed by atoms with Gasteiger partial charge in [-0.25, -0.2) is 4.98 Å². The standard InChI is InChI=1S/C23H21ClN4O2S3/c24-17-4-1-3-15(8-17)18-12-32-22(25-18)26-20(29)13-33-23(31)27-9-14-7-16(11-27)19-5-2-6-21(30)28(19)10-14/h1-6,8,12,14,16H,7,9-11,13H2,(H,25,26,29)/t14-,16+/m1/s1. The third-order valence-corrected chi connectivity index (χ3v) is 8.45. The van der Waals surface area contributed by atoms with Crippen molar-refractivity contribution in [2.75, 3.05) is 24.2 Å². The number of thiocarbonyl (C=S) groups is 1. The lowest BCUT2D eigenvalue weighted by atomic mass is 9.83. The second kappa shape index (κ2) is 9.58. The molecule has 0 spiro atoms. The average Bonchev–Trinajstić information content (AvgIpc) is 3.26. The zero-order valence-electron chi connectivity index (χ0n) is 17.6. The van der Waals surface area contributed by atoms with E-state index in [4.69, 9.17) is 23.8 Å². The predicted octanol–water partition coefficient (Wildman–Crippen LogP) is 4.70. The number of carbonyl (C=O) groups is 1. The number of hydrogen-bond acceptors (Lipinski definition) is 6. The van der Waals surface area contributed by atoms with E-state index < -0.39 is 0 Å². The number of piperidine rings is 1. The van der Waals surface area contributed by atoms with Gasteiger partial charge < -0.3 is 14.8 Å². The fourth-order valence-electron chi connectivity index (χ4n) is 4.53. The lowest BCUT2D eigenvalue weighted by Crippen LogP contribution is -2.48. The summed E-state index contributed by atoms with van der Waals surface area (Å²) >= 11 is 14.5. The number of pyridine rings is 1. The van der Waals surface area contributed by atoms with E-state index >= 15 is 0 Å². The van der Waals surface area contributed by atoms with Crippen LogP contribution in [0.3, 0.4) is 0 Å². The van der Waals surface area contributed by atoms with Crippen molar-refractivity contribution >= 4 is 62.3 Å². The number of nitrogens with zero attached hydrogens (tertiary/aromatic N) is 3. The minimum atomic E-state index is -0.136. The van der Waals surface area contributed by atoms with Crippen molar-refractivity contribution in [2.45, 2.75) is 18.9 Å². The number of rotatable bonds is 4. The van der Waals surface area contributed by atoms with Crippen LogP contribution >= 0.6 is 46.9 Å². The van der Waals surface area contributed by atoms with Crippen molar-refractivity contribution in [1.82, 2.24) is 14.5 Å². The van der Waals surface area contributed by atoms with Gasteiger partial charge in [-0.2, -0.15) is 0 Å². The Hall–Kier alpha value is -2.20. The van der Waals surface area contributed by atoms with E-state index in [1.165, 1.54) is 23.1 Å². The van der Waals surface area contributed by atoms with Gasteiger partial charge in [-0.3, -0.25) is 9.59 Å². The maximum Gasteiger partial charge on any atom is 0.250 e. The van der Waals surface area contributed by atoms with Gasteiger partial charge >= 0.3 is 0 Å². The molecular weight excluding hydrogens is 496 g/mol. The van der Waals surface area contributed by atoms with Gasteiger partial charge in [0.1, 0.15) is 4.32 Å². The van der Waals surface area contributed by atoms with E-state index in [9.17, 15) is 9.59 Å². The highest BCUT2D eigenvalue weighted by molar-refractivity contribution is 8.23. The van der Waals surface area contributed by atoms with Crippen LogP contribution in [0.1, 0.15) is 18.0 Å². The van der Waals surface area contributed by atoms with Gasteiger partial charge in [-0.1, -0.05) is 53.8 Å². The third-order valence-electron chi connectivity index (χ3n) is 5.94. The summed E-state index contributed by atoms with van der Waals surface area (Å²) in [6.07, 6.45) is 1.08. The molecule has 0 unspecified atom stereocenters. The molecule has 1 fully saturated rings. The molecule has 2 aromatic heterocycles. The molecule has 2 aliphatic heterocycles. The summed E-state index contributed by atoms with van der Waals surface area (Å²) in [7, 11) is 0. The number of fused-ring (bicyclic) bond motifs is 4. The summed E-state index contributed by atoms with van der Waals surface area (Å²) in [5.41, 5.74) is 2.85. The average molecular weight is 517 g/mol. The highest BCUT2D eigenvalue weighted by atomic mass is 35.5. The quantitative estimate of drug-likeness (QED) is 0.507. The number of aromatic nitrogens is 2. The number of benzene rings is 1. The molecule has 2 aliphatic rings. The van der Waals surface area contributed by atoms with Crippen LogP contribution in [0.5, 0.6) is 0 Å². The zero-order chi connectivity index (χ0) is 22.9. The molecule has 0 saturated carbocycles. The van der Waals surface area contributed by atoms with Gasteiger partial charge in [0.2, 0.25) is 5.91 Å². The summed E-state index contributed by atoms with van der Waals surface area (Å²) in [5, 5.41) is 5.96. The smallest absolute Gasteiger partial charge is 0.250 e. The molecule has 4 heterocycles. The van der Waals surface area contributed by atoms with E-state index in [2.05, 4.69) is 15.2 Å². The minimum Gasteiger partial charge on any atom is -0.356 e. The summed E-state index contributed by atoms with van der Waals surface area (Å²) in [5.74, 6) is 0.777. The Morgan fingerprint density at radius 2 is 2.09 bits per heavy atom. The monoisotopic (exact) mass is 516 g/mol. The van der Waals surface area contributed by atoms with E-state index in [0.29, 0.717) is 22.0 Å². The van der Waals surface area contributed by atoms with Crippen LogP contribution in [0.15, 0.2) is 52.6 Å². The van der Waals surface area contributed by atoms with E-state index in [0.717, 1.165) is 47.3 Å². The van der Waals surface area contributed by atoms with E-state index in [1.807, 2.05) is 46.3 Å². The molecule has 5 rings (SSSR count). The van der Waals surface area contributed by atoms with Gasteiger partial charge in [0.05, 0.1) is 11.4 Å². The van der Waals surface area contributed by atoms with Crippen molar-refractivity contribution in [1.29, 1.82) is 0 Å². The van der Waals surface area contributed by atoms with Gasteiger partial charge in [-0.15, -0.1) is 11.3 Å². The number of halogens is 1. The number of anilines is 1. The first-order valence-corrected chi connectivity index (χ1v) is 13.2. The van der Waals surface area contributed by atoms with Gasteiger partial charge in [-0.05, 0) is 30.5 Å². The summed E-state index contributed by atoms with van der Waals surface area (Å²) < 4.78 is 2.64. The lowest BCUT2D eigenvalue weighted by Gasteiger charge is -2.43. The van der Waals surface area contributed by atoms with Crippen molar-refractivity contribution < 1.29 is 4.79 Å². The number of thiazole rings is 1. The molecule has 10 heteroatoms. The maximum absolute atomic E-state index is 12.5. The Labute approximate surface area is 210 Å². The summed E-state index contributed by atoms with van der Waals surface area (Å²) in [4.78, 5) is 31.4. The fourth-order valence-corrected chi connectivity index (χ4v) is 6.44. The second-order valence-corrected chi connectivity index (χ2v) is 11.2. The minimum absolute atomic E-state index is 0.0741. The number of likely N-dealkylation sites (tertiary alicyclic amines) is 1. The Bertz CT molecular complexity index is 1270. The second-order valence-electron chi connectivity index (χ2n) is 8.25. The Kier molecular flexibility index (Phi) is 6.56. The molecule has 33 heavy (non-hydrogen) atoms. The van der Waals surface area contributed by atoms with Gasteiger partial charge in [0, 0.05) is 53.3 Å². The highest BCUT2D eigenvalue weighted by Crippen LogP contribution is 2.36. The van der Waals surface area contributed by atoms with Crippen molar-refractivity contribution in [2.24, 2.45) is 5.92 Å². The number of carbonyl (C=O) groups excluding carboxylic acids is 1. The molecule has 6 nitrogen and oxygen atoms in total. The van der Waals surface area contributed by atoms with E-state index in [-0.39, 0.29) is 17.2 Å². The molecule has 1 aromatic carbocycles. The van der Waals surface area contributed by atoms with Crippen LogP contribution in [0.4, 0.5) is 5.13 Å². The van der Waals surface area contributed by atoms with E-state index in [1.54, 1.807) is 6.07 Å². The third kappa shape index (κ3) is 5.01. The molecule has 2 bridgehead atoms. The van der Waals surface area contributed by atoms with Gasteiger partial charge in [0.15, 0.2) is 5.13 Å². The molecule has 0 radical (unpaired) electrons. The molecule has 2 atom stereocenters. The molecular formula is C23H21ClN4O2S3. The first kappa shape index (κ1) is 22.6. The first-order chi connectivity index (χ1) is 16.0. The molecule has 0 aliphatic carbocycles.